The third kappa shape index (κ3) is 1.57. The molecule has 4 nitrogen and oxygen atoms in total. The number of nitrogens with zero attached hydrogens (tertiary/aromatic N) is 3. The van der Waals surface area contributed by atoms with Gasteiger partial charge in [0.05, 0.1) is 0 Å². The van der Waals surface area contributed by atoms with Gasteiger partial charge in [-0.2, -0.15) is 5.10 Å². The number of allylic oxidation sites excluding steroid dienone is 1. The Kier molecular flexibility index (Phi) is 2.37. The molecule has 2 atom stereocenters. The monoisotopic (exact) mass is 192 g/mol. The molecule has 0 amide bonds. The summed E-state index contributed by atoms with van der Waals surface area (Å²) in [7, 11) is 1.94. The predicted octanol–water partition coefficient (Wildman–Crippen LogP) is 0.748. The molecular formula is C10H16N4. The molecule has 1 aromatic rings. The van der Waals surface area contributed by atoms with Gasteiger partial charge in [-0.05, 0) is 6.42 Å². The van der Waals surface area contributed by atoms with Gasteiger partial charge in [-0.15, -0.1) is 0 Å². The first-order valence-electron chi connectivity index (χ1n) is 5.04. The van der Waals surface area contributed by atoms with Gasteiger partial charge in [0.15, 0.2) is 5.82 Å². The Morgan fingerprint density at radius 3 is 2.86 bits per heavy atom. The first kappa shape index (κ1) is 9.40. The summed E-state index contributed by atoms with van der Waals surface area (Å²) < 4.78 is 1.87. The van der Waals surface area contributed by atoms with Crippen molar-refractivity contribution in [1.29, 1.82) is 0 Å². The zero-order chi connectivity index (χ0) is 10.1. The molecule has 0 spiro atoms. The van der Waals surface area contributed by atoms with Crippen molar-refractivity contribution in [3.63, 3.8) is 0 Å². The van der Waals surface area contributed by atoms with Crippen molar-refractivity contribution in [3.05, 3.63) is 23.8 Å². The predicted molar refractivity (Wildman–Crippen MR) is 54.9 cm³/mol. The molecule has 2 unspecified atom stereocenters. The number of hydrogen-bond donors (Lipinski definition) is 1. The standard InChI is InChI=1S/C10H16N4/c1-3-9-12-10(14(2)13-9)7-4-5-8(11)6-7/h4-5,7-8H,3,6,11H2,1-2H3. The Hall–Kier alpha value is -1.16. The van der Waals surface area contributed by atoms with Crippen LogP contribution >= 0.6 is 0 Å². The lowest BCUT2D eigenvalue weighted by atomic mass is 10.1. The largest absolute Gasteiger partial charge is 0.324 e. The Balaban J connectivity index is 2.24. The van der Waals surface area contributed by atoms with Crippen LogP contribution in [0.1, 0.15) is 30.9 Å². The maximum atomic E-state index is 5.81. The summed E-state index contributed by atoms with van der Waals surface area (Å²) in [5.74, 6) is 2.30. The molecular weight excluding hydrogens is 176 g/mol. The van der Waals surface area contributed by atoms with E-state index in [0.29, 0.717) is 5.92 Å². The molecule has 0 radical (unpaired) electrons. The van der Waals surface area contributed by atoms with Crippen molar-refractivity contribution in [2.45, 2.75) is 31.7 Å². The van der Waals surface area contributed by atoms with E-state index in [4.69, 9.17) is 5.73 Å². The molecule has 1 heterocycles. The summed E-state index contributed by atoms with van der Waals surface area (Å²) in [6.45, 7) is 2.06. The Morgan fingerprint density at radius 1 is 1.57 bits per heavy atom. The van der Waals surface area contributed by atoms with Crippen molar-refractivity contribution in [2.24, 2.45) is 12.8 Å². The second-order valence-corrected chi connectivity index (χ2v) is 3.75. The molecule has 0 bridgehead atoms. The van der Waals surface area contributed by atoms with Gasteiger partial charge in [-0.25, -0.2) is 4.98 Å². The van der Waals surface area contributed by atoms with Crippen LogP contribution in [0.15, 0.2) is 12.2 Å². The first-order chi connectivity index (χ1) is 6.70. The number of nitrogens with two attached hydrogens (primary N) is 1. The minimum absolute atomic E-state index is 0.182. The van der Waals surface area contributed by atoms with Crippen LogP contribution < -0.4 is 5.73 Å². The highest BCUT2D eigenvalue weighted by atomic mass is 15.3. The summed E-state index contributed by atoms with van der Waals surface area (Å²) in [6.07, 6.45) is 6.02. The highest BCUT2D eigenvalue weighted by Crippen LogP contribution is 2.25. The third-order valence-electron chi connectivity index (χ3n) is 2.61. The fraction of sp³-hybridized carbons (Fsp3) is 0.600. The number of aryl methyl sites for hydroxylation is 2. The van der Waals surface area contributed by atoms with E-state index in [0.717, 1.165) is 24.5 Å². The van der Waals surface area contributed by atoms with Gasteiger partial charge in [-0.3, -0.25) is 4.68 Å². The molecule has 0 aromatic carbocycles. The highest BCUT2D eigenvalue weighted by molar-refractivity contribution is 5.17. The average molecular weight is 192 g/mol. The van der Waals surface area contributed by atoms with Crippen LogP contribution in [0.2, 0.25) is 0 Å². The van der Waals surface area contributed by atoms with Crippen molar-refractivity contribution < 1.29 is 0 Å². The van der Waals surface area contributed by atoms with Crippen LogP contribution in [-0.2, 0) is 13.5 Å². The van der Waals surface area contributed by atoms with Gasteiger partial charge in [-0.1, -0.05) is 19.1 Å². The van der Waals surface area contributed by atoms with Gasteiger partial charge < -0.3 is 5.73 Å². The third-order valence-corrected chi connectivity index (χ3v) is 2.61. The van der Waals surface area contributed by atoms with E-state index in [9.17, 15) is 0 Å². The van der Waals surface area contributed by atoms with Crippen LogP contribution in [0.5, 0.6) is 0 Å². The summed E-state index contributed by atoms with van der Waals surface area (Å²) in [5.41, 5.74) is 5.81. The van der Waals surface area contributed by atoms with Crippen LogP contribution in [0.3, 0.4) is 0 Å². The lowest BCUT2D eigenvalue weighted by Gasteiger charge is -2.07. The SMILES string of the molecule is CCc1nc(C2C=CC(N)C2)n(C)n1. The fourth-order valence-electron chi connectivity index (χ4n) is 1.84. The Morgan fingerprint density at radius 2 is 2.36 bits per heavy atom. The van der Waals surface area contributed by atoms with Gasteiger partial charge in [0.25, 0.3) is 0 Å². The molecule has 1 aromatic heterocycles. The number of hydrogen-bond acceptors (Lipinski definition) is 3. The molecule has 1 aliphatic carbocycles. The lowest BCUT2D eigenvalue weighted by molar-refractivity contribution is 0.620. The summed E-state index contributed by atoms with van der Waals surface area (Å²) in [6, 6.07) is 0.182. The molecule has 1 aliphatic rings. The molecule has 2 N–H and O–H groups in total. The van der Waals surface area contributed by atoms with Crippen molar-refractivity contribution >= 4 is 0 Å². The lowest BCUT2D eigenvalue weighted by Crippen LogP contribution is -2.15. The van der Waals surface area contributed by atoms with Crippen molar-refractivity contribution in [3.8, 4) is 0 Å². The van der Waals surface area contributed by atoms with E-state index >= 15 is 0 Å². The van der Waals surface area contributed by atoms with Gasteiger partial charge >= 0.3 is 0 Å². The first-order valence-corrected chi connectivity index (χ1v) is 5.04. The second kappa shape index (κ2) is 3.53. The summed E-state index contributed by atoms with van der Waals surface area (Å²) in [5, 5.41) is 4.33. The topological polar surface area (TPSA) is 56.7 Å². The van der Waals surface area contributed by atoms with E-state index in [-0.39, 0.29) is 6.04 Å². The van der Waals surface area contributed by atoms with Crippen molar-refractivity contribution in [1.82, 2.24) is 14.8 Å². The normalized spacial score (nSPS) is 25.9. The Bertz CT molecular complexity index is 353. The van der Waals surface area contributed by atoms with Crippen LogP contribution in [-0.4, -0.2) is 20.8 Å². The van der Waals surface area contributed by atoms with E-state index in [1.165, 1.54) is 0 Å². The van der Waals surface area contributed by atoms with E-state index < -0.39 is 0 Å². The minimum Gasteiger partial charge on any atom is -0.324 e. The highest BCUT2D eigenvalue weighted by Gasteiger charge is 2.22. The molecule has 0 saturated carbocycles. The smallest absolute Gasteiger partial charge is 0.150 e. The summed E-state index contributed by atoms with van der Waals surface area (Å²) >= 11 is 0. The molecule has 14 heavy (non-hydrogen) atoms. The number of rotatable bonds is 2. The average Bonchev–Trinajstić information content (AvgIpc) is 2.71. The van der Waals surface area contributed by atoms with Crippen LogP contribution in [0, 0.1) is 0 Å². The second-order valence-electron chi connectivity index (χ2n) is 3.75. The maximum Gasteiger partial charge on any atom is 0.150 e. The van der Waals surface area contributed by atoms with Crippen molar-refractivity contribution in [2.75, 3.05) is 0 Å². The molecule has 76 valence electrons. The van der Waals surface area contributed by atoms with Gasteiger partial charge in [0.2, 0.25) is 0 Å². The Labute approximate surface area is 83.8 Å². The van der Waals surface area contributed by atoms with Gasteiger partial charge in [0.1, 0.15) is 5.82 Å². The van der Waals surface area contributed by atoms with Gasteiger partial charge in [0, 0.05) is 25.4 Å². The molecule has 4 heteroatoms. The molecule has 0 fully saturated rings. The zero-order valence-corrected chi connectivity index (χ0v) is 8.64. The summed E-state index contributed by atoms with van der Waals surface area (Å²) in [4.78, 5) is 4.49. The molecule has 0 aliphatic heterocycles. The molecule has 2 rings (SSSR count). The number of aromatic nitrogens is 3. The quantitative estimate of drug-likeness (QED) is 0.703. The van der Waals surface area contributed by atoms with Crippen LogP contribution in [0.4, 0.5) is 0 Å². The fourth-order valence-corrected chi connectivity index (χ4v) is 1.84. The van der Waals surface area contributed by atoms with Crippen LogP contribution in [0.25, 0.3) is 0 Å². The van der Waals surface area contributed by atoms with E-state index in [1.54, 1.807) is 0 Å². The maximum absolute atomic E-state index is 5.81. The van der Waals surface area contributed by atoms with E-state index in [1.807, 2.05) is 17.8 Å². The zero-order valence-electron chi connectivity index (χ0n) is 8.64. The minimum atomic E-state index is 0.182. The molecule has 0 saturated heterocycles. The van der Waals surface area contributed by atoms with E-state index in [2.05, 4.69) is 23.1 Å².